The van der Waals surface area contributed by atoms with Crippen molar-refractivity contribution in [2.45, 2.75) is 64.7 Å². The maximum atomic E-state index is 11.8. The van der Waals surface area contributed by atoms with Crippen molar-refractivity contribution < 1.29 is 14.7 Å². The van der Waals surface area contributed by atoms with Crippen molar-refractivity contribution in [3.63, 3.8) is 0 Å². The molecule has 0 radical (unpaired) electrons. The Kier molecular flexibility index (Phi) is 6.16. The van der Waals surface area contributed by atoms with Gasteiger partial charge in [-0.05, 0) is 19.3 Å². The van der Waals surface area contributed by atoms with Gasteiger partial charge in [-0.15, -0.1) is 0 Å². The first kappa shape index (κ1) is 15.0. The number of hydrogen-bond donors (Lipinski definition) is 2. The topological polar surface area (TPSA) is 66.4 Å². The Labute approximate surface area is 109 Å². The van der Waals surface area contributed by atoms with Crippen LogP contribution < -0.4 is 5.32 Å². The van der Waals surface area contributed by atoms with Crippen molar-refractivity contribution in [1.29, 1.82) is 0 Å². The van der Waals surface area contributed by atoms with Gasteiger partial charge in [-0.1, -0.05) is 39.0 Å². The molecule has 2 N–H and O–H groups in total. The Morgan fingerprint density at radius 2 is 1.83 bits per heavy atom. The zero-order valence-corrected chi connectivity index (χ0v) is 11.3. The first-order valence-corrected chi connectivity index (χ1v) is 7.11. The quantitative estimate of drug-likeness (QED) is 0.655. The molecule has 1 saturated carbocycles. The molecular formula is C14H25NO3. The van der Waals surface area contributed by atoms with Crippen molar-refractivity contribution in [2.24, 2.45) is 5.41 Å². The highest BCUT2D eigenvalue weighted by Crippen LogP contribution is 2.41. The lowest BCUT2D eigenvalue weighted by Crippen LogP contribution is -2.36. The third-order valence-corrected chi connectivity index (χ3v) is 3.87. The molecule has 1 fully saturated rings. The van der Waals surface area contributed by atoms with Gasteiger partial charge < -0.3 is 10.4 Å². The number of carbonyl (C=O) groups excluding carboxylic acids is 1. The molecule has 4 heteroatoms. The van der Waals surface area contributed by atoms with Gasteiger partial charge in [-0.25, -0.2) is 0 Å². The first-order valence-electron chi connectivity index (χ1n) is 7.11. The van der Waals surface area contributed by atoms with Gasteiger partial charge in [0.2, 0.25) is 5.91 Å². The second-order valence-electron chi connectivity index (χ2n) is 5.38. The minimum Gasteiger partial charge on any atom is -0.481 e. The first-order chi connectivity index (χ1) is 8.60. The zero-order chi connectivity index (χ0) is 13.4. The summed E-state index contributed by atoms with van der Waals surface area (Å²) in [5.74, 6) is -0.906. The third kappa shape index (κ3) is 4.31. The third-order valence-electron chi connectivity index (χ3n) is 3.87. The fourth-order valence-electron chi connectivity index (χ4n) is 2.67. The van der Waals surface area contributed by atoms with Gasteiger partial charge in [0, 0.05) is 13.0 Å². The zero-order valence-electron chi connectivity index (χ0n) is 11.3. The molecule has 0 spiro atoms. The van der Waals surface area contributed by atoms with Crippen LogP contribution in [0.1, 0.15) is 64.7 Å². The van der Waals surface area contributed by atoms with E-state index >= 15 is 0 Å². The molecule has 0 aliphatic heterocycles. The highest BCUT2D eigenvalue weighted by Gasteiger charge is 2.42. The predicted octanol–water partition coefficient (Wildman–Crippen LogP) is 2.72. The average molecular weight is 255 g/mol. The summed E-state index contributed by atoms with van der Waals surface area (Å²) in [7, 11) is 0. The second kappa shape index (κ2) is 7.39. The summed E-state index contributed by atoms with van der Waals surface area (Å²) in [5.41, 5.74) is -0.784. The molecule has 4 nitrogen and oxygen atoms in total. The summed E-state index contributed by atoms with van der Waals surface area (Å²) < 4.78 is 0. The molecule has 0 unspecified atom stereocenters. The Balaban J connectivity index is 2.27. The summed E-state index contributed by atoms with van der Waals surface area (Å²) >= 11 is 0. The van der Waals surface area contributed by atoms with Crippen LogP contribution in [0.5, 0.6) is 0 Å². The van der Waals surface area contributed by atoms with Gasteiger partial charge >= 0.3 is 5.97 Å². The van der Waals surface area contributed by atoms with Crippen LogP contribution in [0.4, 0.5) is 0 Å². The fourth-order valence-corrected chi connectivity index (χ4v) is 2.67. The Bertz CT molecular complexity index is 283. The van der Waals surface area contributed by atoms with E-state index in [2.05, 4.69) is 12.2 Å². The number of nitrogens with one attached hydrogen (secondary N) is 1. The summed E-state index contributed by atoms with van der Waals surface area (Å²) in [6.07, 6.45) is 7.77. The van der Waals surface area contributed by atoms with Crippen LogP contribution in [0.25, 0.3) is 0 Å². The molecule has 0 heterocycles. The van der Waals surface area contributed by atoms with Gasteiger partial charge in [0.05, 0.1) is 5.41 Å². The molecule has 0 atom stereocenters. The molecule has 1 amide bonds. The molecule has 0 aromatic carbocycles. The molecule has 1 aliphatic rings. The number of carboxylic acids is 1. The molecule has 1 rings (SSSR count). The van der Waals surface area contributed by atoms with Crippen LogP contribution in [0.15, 0.2) is 0 Å². The monoisotopic (exact) mass is 255 g/mol. The van der Waals surface area contributed by atoms with Crippen LogP contribution in [0.3, 0.4) is 0 Å². The van der Waals surface area contributed by atoms with Gasteiger partial charge in [0.1, 0.15) is 0 Å². The number of rotatable bonds is 8. The summed E-state index contributed by atoms with van der Waals surface area (Å²) in [6.45, 7) is 2.82. The molecular weight excluding hydrogens is 230 g/mol. The Hall–Kier alpha value is -1.06. The Morgan fingerprint density at radius 1 is 1.17 bits per heavy atom. The summed E-state index contributed by atoms with van der Waals surface area (Å²) in [4.78, 5) is 23.1. The average Bonchev–Trinajstić information content (AvgIpc) is 2.78. The minimum atomic E-state index is -0.805. The highest BCUT2D eigenvalue weighted by molar-refractivity contribution is 5.85. The number of amides is 1. The molecule has 1 aliphatic carbocycles. The number of carboxylic acid groups (broad SMARTS) is 1. The lowest BCUT2D eigenvalue weighted by Gasteiger charge is -2.22. The molecule has 0 aromatic heterocycles. The number of hydrogen-bond acceptors (Lipinski definition) is 2. The van der Waals surface area contributed by atoms with E-state index in [-0.39, 0.29) is 12.3 Å². The van der Waals surface area contributed by atoms with Crippen LogP contribution >= 0.6 is 0 Å². The van der Waals surface area contributed by atoms with Crippen LogP contribution in [0.2, 0.25) is 0 Å². The van der Waals surface area contributed by atoms with E-state index in [9.17, 15) is 14.7 Å². The maximum Gasteiger partial charge on any atom is 0.310 e. The number of unbranched alkanes of at least 4 members (excludes halogenated alkanes) is 3. The smallest absolute Gasteiger partial charge is 0.310 e. The minimum absolute atomic E-state index is 0.101. The molecule has 0 bridgehead atoms. The molecule has 0 saturated heterocycles. The van der Waals surface area contributed by atoms with Crippen LogP contribution in [-0.2, 0) is 9.59 Å². The number of carbonyl (C=O) groups is 2. The van der Waals surface area contributed by atoms with Crippen LogP contribution in [-0.4, -0.2) is 23.5 Å². The van der Waals surface area contributed by atoms with E-state index in [4.69, 9.17) is 0 Å². The van der Waals surface area contributed by atoms with E-state index in [1.165, 1.54) is 12.8 Å². The summed E-state index contributed by atoms with van der Waals surface area (Å²) in [6, 6.07) is 0. The normalized spacial score (nSPS) is 17.6. The lowest BCUT2D eigenvalue weighted by molar-refractivity contribution is -0.151. The van der Waals surface area contributed by atoms with Crippen molar-refractivity contribution >= 4 is 11.9 Å². The van der Waals surface area contributed by atoms with E-state index in [0.717, 1.165) is 25.7 Å². The second-order valence-corrected chi connectivity index (χ2v) is 5.38. The van der Waals surface area contributed by atoms with Gasteiger partial charge in [-0.2, -0.15) is 0 Å². The standard InChI is InChI=1S/C14H25NO3/c1-2-3-4-7-10-15-12(16)11-14(13(17)18)8-5-6-9-14/h2-11H2,1H3,(H,15,16)(H,17,18). The van der Waals surface area contributed by atoms with E-state index in [0.29, 0.717) is 19.4 Å². The van der Waals surface area contributed by atoms with Gasteiger partial charge in [0.25, 0.3) is 0 Å². The lowest BCUT2D eigenvalue weighted by atomic mass is 9.82. The number of aliphatic carboxylic acids is 1. The highest BCUT2D eigenvalue weighted by atomic mass is 16.4. The van der Waals surface area contributed by atoms with E-state index in [1.54, 1.807) is 0 Å². The van der Waals surface area contributed by atoms with Crippen molar-refractivity contribution in [3.8, 4) is 0 Å². The molecule has 0 aromatic rings. The molecule has 18 heavy (non-hydrogen) atoms. The summed E-state index contributed by atoms with van der Waals surface area (Å²) in [5, 5.41) is 12.1. The molecule has 104 valence electrons. The van der Waals surface area contributed by atoms with Gasteiger partial charge in [-0.3, -0.25) is 9.59 Å². The van der Waals surface area contributed by atoms with Crippen molar-refractivity contribution in [1.82, 2.24) is 5.32 Å². The largest absolute Gasteiger partial charge is 0.481 e. The predicted molar refractivity (Wildman–Crippen MR) is 70.3 cm³/mol. The fraction of sp³-hybridized carbons (Fsp3) is 0.857. The van der Waals surface area contributed by atoms with E-state index < -0.39 is 11.4 Å². The van der Waals surface area contributed by atoms with Crippen molar-refractivity contribution in [3.05, 3.63) is 0 Å². The SMILES string of the molecule is CCCCCCNC(=O)CC1(C(=O)O)CCCC1. The van der Waals surface area contributed by atoms with Crippen LogP contribution in [0, 0.1) is 5.41 Å². The van der Waals surface area contributed by atoms with Crippen molar-refractivity contribution in [2.75, 3.05) is 6.54 Å². The Morgan fingerprint density at radius 3 is 2.39 bits per heavy atom. The van der Waals surface area contributed by atoms with Gasteiger partial charge in [0.15, 0.2) is 0 Å². The van der Waals surface area contributed by atoms with E-state index in [1.807, 2.05) is 0 Å². The maximum absolute atomic E-state index is 11.8.